The number of hydrogen-bond donors (Lipinski definition) is 0. The lowest BCUT2D eigenvalue weighted by atomic mass is 10.3. The van der Waals surface area contributed by atoms with Gasteiger partial charge in [-0.1, -0.05) is 18.2 Å². The number of hydrogen-bond acceptors (Lipinski definition) is 2. The molecule has 1 aliphatic heterocycles. The summed E-state index contributed by atoms with van der Waals surface area (Å²) in [7, 11) is -3.22. The van der Waals surface area contributed by atoms with Crippen LogP contribution in [0.1, 0.15) is 6.42 Å². The molecule has 1 saturated heterocycles. The maximum Gasteiger partial charge on any atom is 0.243 e. The fourth-order valence-corrected chi connectivity index (χ4v) is 2.69. The summed E-state index contributed by atoms with van der Waals surface area (Å²) in [5, 5.41) is 0. The lowest BCUT2D eigenvalue weighted by Gasteiger charge is -2.29. The quantitative estimate of drug-likeness (QED) is 0.704. The van der Waals surface area contributed by atoms with Crippen molar-refractivity contribution in [3.8, 4) is 0 Å². The Kier molecular flexibility index (Phi) is 2.09. The van der Waals surface area contributed by atoms with Crippen molar-refractivity contribution in [3.63, 3.8) is 0 Å². The fourth-order valence-electron chi connectivity index (χ4n) is 1.20. The van der Waals surface area contributed by atoms with Crippen molar-refractivity contribution in [1.29, 1.82) is 0 Å². The normalized spacial score (nSPS) is 18.2. The van der Waals surface area contributed by atoms with E-state index < -0.39 is 10.0 Å². The highest BCUT2D eigenvalue weighted by molar-refractivity contribution is 7.89. The zero-order valence-electron chi connectivity index (χ0n) is 7.10. The molecule has 3 nitrogen and oxygen atoms in total. The van der Waals surface area contributed by atoms with Crippen LogP contribution in [0.15, 0.2) is 29.2 Å². The van der Waals surface area contributed by atoms with Crippen molar-refractivity contribution >= 4 is 10.0 Å². The van der Waals surface area contributed by atoms with Gasteiger partial charge < -0.3 is 0 Å². The lowest BCUT2D eigenvalue weighted by molar-refractivity contribution is 0.309. The smallest absolute Gasteiger partial charge is 0.207 e. The average molecular weight is 196 g/mol. The third-order valence-corrected chi connectivity index (χ3v) is 3.97. The highest BCUT2D eigenvalue weighted by Crippen LogP contribution is 2.19. The van der Waals surface area contributed by atoms with Gasteiger partial charge in [0, 0.05) is 19.2 Å². The Morgan fingerprint density at radius 2 is 2.08 bits per heavy atom. The molecule has 2 rings (SSSR count). The molecule has 0 bridgehead atoms. The van der Waals surface area contributed by atoms with Gasteiger partial charge in [-0.15, -0.1) is 0 Å². The summed E-state index contributed by atoms with van der Waals surface area (Å²) in [5.74, 6) is 0. The summed E-state index contributed by atoms with van der Waals surface area (Å²) in [6, 6.07) is 9.39. The van der Waals surface area contributed by atoms with Gasteiger partial charge in [0.15, 0.2) is 0 Å². The minimum absolute atomic E-state index is 0.273. The third kappa shape index (κ3) is 1.47. The third-order valence-electron chi connectivity index (χ3n) is 2.11. The molecule has 69 valence electrons. The molecule has 4 heteroatoms. The molecule has 1 aromatic carbocycles. The van der Waals surface area contributed by atoms with Crippen molar-refractivity contribution in [2.24, 2.45) is 0 Å². The first kappa shape index (κ1) is 8.72. The molecule has 0 saturated carbocycles. The first-order valence-electron chi connectivity index (χ1n) is 4.18. The Bertz CT molecular complexity index is 381. The maximum absolute atomic E-state index is 11.7. The molecule has 0 amide bonds. The molecule has 1 radical (unpaired) electrons. The van der Waals surface area contributed by atoms with Crippen molar-refractivity contribution in [1.82, 2.24) is 4.31 Å². The van der Waals surface area contributed by atoms with E-state index in [1.165, 1.54) is 4.31 Å². The number of benzene rings is 1. The molecule has 0 atom stereocenters. The molecule has 1 aliphatic rings. The Morgan fingerprint density at radius 1 is 1.31 bits per heavy atom. The van der Waals surface area contributed by atoms with Crippen LogP contribution >= 0.6 is 0 Å². The van der Waals surface area contributed by atoms with Gasteiger partial charge in [-0.05, 0) is 12.5 Å². The van der Waals surface area contributed by atoms with E-state index in [1.54, 1.807) is 24.3 Å². The minimum atomic E-state index is -3.22. The summed E-state index contributed by atoms with van der Waals surface area (Å²) in [6.45, 7) is 1.29. The minimum Gasteiger partial charge on any atom is -0.207 e. The number of nitrogens with zero attached hydrogens (tertiary/aromatic N) is 1. The Morgan fingerprint density at radius 3 is 2.54 bits per heavy atom. The van der Waals surface area contributed by atoms with Crippen LogP contribution in [0, 0.1) is 6.07 Å². The lowest BCUT2D eigenvalue weighted by Crippen LogP contribution is -2.41. The van der Waals surface area contributed by atoms with E-state index in [1.807, 2.05) is 0 Å². The first-order valence-corrected chi connectivity index (χ1v) is 5.62. The Balaban J connectivity index is 2.35. The van der Waals surface area contributed by atoms with Crippen molar-refractivity contribution < 1.29 is 8.42 Å². The Labute approximate surface area is 78.0 Å². The van der Waals surface area contributed by atoms with E-state index in [0.717, 1.165) is 6.42 Å². The second-order valence-electron chi connectivity index (χ2n) is 2.98. The van der Waals surface area contributed by atoms with Gasteiger partial charge in [-0.25, -0.2) is 8.42 Å². The van der Waals surface area contributed by atoms with Gasteiger partial charge in [0.25, 0.3) is 0 Å². The second-order valence-corrected chi connectivity index (χ2v) is 4.89. The van der Waals surface area contributed by atoms with Crippen LogP contribution in [-0.2, 0) is 10.0 Å². The van der Waals surface area contributed by atoms with Crippen LogP contribution in [-0.4, -0.2) is 25.8 Å². The predicted molar refractivity (Wildman–Crippen MR) is 48.7 cm³/mol. The van der Waals surface area contributed by atoms with Gasteiger partial charge in [-0.3, -0.25) is 0 Å². The van der Waals surface area contributed by atoms with Crippen LogP contribution in [0.4, 0.5) is 0 Å². The molecule has 13 heavy (non-hydrogen) atoms. The van der Waals surface area contributed by atoms with Crippen LogP contribution < -0.4 is 0 Å². The zero-order chi connectivity index (χ0) is 9.31. The first-order chi connectivity index (χ1) is 6.21. The number of rotatable bonds is 2. The highest BCUT2D eigenvalue weighted by Gasteiger charge is 2.28. The summed E-state index contributed by atoms with van der Waals surface area (Å²) >= 11 is 0. The fraction of sp³-hybridized carbons (Fsp3) is 0.333. The molecular weight excluding hydrogens is 186 g/mol. The van der Waals surface area contributed by atoms with Crippen molar-refractivity contribution in [2.75, 3.05) is 13.1 Å². The van der Waals surface area contributed by atoms with E-state index in [4.69, 9.17) is 0 Å². The topological polar surface area (TPSA) is 37.4 Å². The molecular formula is C9H10NO2S. The number of sulfonamides is 1. The zero-order valence-corrected chi connectivity index (χ0v) is 7.92. The van der Waals surface area contributed by atoms with Crippen LogP contribution in [0.5, 0.6) is 0 Å². The second kappa shape index (κ2) is 3.12. The van der Waals surface area contributed by atoms with Crippen LogP contribution in [0.25, 0.3) is 0 Å². The molecule has 0 unspecified atom stereocenters. The van der Waals surface area contributed by atoms with Gasteiger partial charge >= 0.3 is 0 Å². The van der Waals surface area contributed by atoms with Crippen LogP contribution in [0.3, 0.4) is 0 Å². The van der Waals surface area contributed by atoms with Gasteiger partial charge in [0.1, 0.15) is 0 Å². The average Bonchev–Trinajstić information content (AvgIpc) is 2.02. The van der Waals surface area contributed by atoms with Gasteiger partial charge in [0.2, 0.25) is 10.0 Å². The van der Waals surface area contributed by atoms with E-state index in [-0.39, 0.29) is 4.90 Å². The standard InChI is InChI=1S/C9H10NO2S/c11-13(12,10-7-4-8-10)9-5-2-1-3-6-9/h1-3,5H,4,7-8H2. The molecule has 0 N–H and O–H groups in total. The maximum atomic E-state index is 11.7. The summed E-state index contributed by atoms with van der Waals surface area (Å²) in [5.41, 5.74) is 0. The summed E-state index contributed by atoms with van der Waals surface area (Å²) in [4.78, 5) is 0.273. The molecule has 0 aliphatic carbocycles. The van der Waals surface area contributed by atoms with E-state index in [0.29, 0.717) is 13.1 Å². The molecule has 1 heterocycles. The molecule has 1 aromatic rings. The van der Waals surface area contributed by atoms with Crippen molar-refractivity contribution in [2.45, 2.75) is 11.3 Å². The SMILES string of the molecule is O=S(=O)(c1[c]cccc1)N1CCC1. The Hall–Kier alpha value is -0.870. The van der Waals surface area contributed by atoms with E-state index >= 15 is 0 Å². The predicted octanol–water partition coefficient (Wildman–Crippen LogP) is 0.881. The summed E-state index contributed by atoms with van der Waals surface area (Å²) < 4.78 is 24.9. The van der Waals surface area contributed by atoms with Crippen molar-refractivity contribution in [3.05, 3.63) is 30.3 Å². The van der Waals surface area contributed by atoms with Gasteiger partial charge in [0.05, 0.1) is 4.90 Å². The summed E-state index contributed by atoms with van der Waals surface area (Å²) in [6.07, 6.45) is 0.964. The van der Waals surface area contributed by atoms with E-state index in [9.17, 15) is 8.42 Å². The largest absolute Gasteiger partial charge is 0.243 e. The van der Waals surface area contributed by atoms with E-state index in [2.05, 4.69) is 6.07 Å². The monoisotopic (exact) mass is 196 g/mol. The molecule has 0 aromatic heterocycles. The molecule has 0 spiro atoms. The molecule has 1 fully saturated rings. The highest BCUT2D eigenvalue weighted by atomic mass is 32.2. The van der Waals surface area contributed by atoms with Gasteiger partial charge in [-0.2, -0.15) is 4.31 Å². The van der Waals surface area contributed by atoms with Crippen LogP contribution in [0.2, 0.25) is 0 Å².